The molecule has 0 aromatic rings. The number of unbranched alkanes of at least 4 members (excludes halogenated alkanes) is 14. The van der Waals surface area contributed by atoms with Crippen molar-refractivity contribution in [1.82, 2.24) is 0 Å². The van der Waals surface area contributed by atoms with Gasteiger partial charge in [0.05, 0.1) is 19.3 Å². The quantitative estimate of drug-likeness (QED) is 0.0720. The first kappa shape index (κ1) is 35.8. The minimum absolute atomic E-state index is 0. The molecule has 7 nitrogen and oxygen atoms in total. The van der Waals surface area contributed by atoms with Crippen LogP contribution < -0.4 is 29.6 Å². The van der Waals surface area contributed by atoms with E-state index in [2.05, 4.69) is 11.7 Å². The van der Waals surface area contributed by atoms with Crippen LogP contribution in [0.1, 0.15) is 123 Å². The van der Waals surface area contributed by atoms with Crippen LogP contribution in [0.25, 0.3) is 0 Å². The molecule has 0 saturated carbocycles. The van der Waals surface area contributed by atoms with E-state index >= 15 is 0 Å². The molecule has 34 heavy (non-hydrogen) atoms. The maximum Gasteiger partial charge on any atom is 1.00 e. The van der Waals surface area contributed by atoms with Crippen molar-refractivity contribution >= 4 is 22.1 Å². The zero-order chi connectivity index (χ0) is 24.8. The van der Waals surface area contributed by atoms with Gasteiger partial charge in [-0.2, -0.15) is 0 Å². The Morgan fingerprint density at radius 3 is 1.65 bits per heavy atom. The summed E-state index contributed by atoms with van der Waals surface area (Å²) in [6.07, 6.45) is 20.6. The van der Waals surface area contributed by atoms with Crippen LogP contribution in [0, 0.1) is 0 Å². The molecule has 0 aliphatic carbocycles. The second kappa shape index (κ2) is 24.3. The van der Waals surface area contributed by atoms with Crippen molar-refractivity contribution in [1.29, 1.82) is 0 Å². The number of rotatable bonds is 22. The van der Waals surface area contributed by atoms with E-state index in [0.717, 1.165) is 25.5 Å². The Balaban J connectivity index is 0. The first-order chi connectivity index (χ1) is 15.8. The van der Waals surface area contributed by atoms with Gasteiger partial charge in [0.2, 0.25) is 0 Å². The normalized spacial score (nSPS) is 12.3. The molecular weight excluding hydrogens is 467 g/mol. The predicted molar refractivity (Wildman–Crippen MR) is 130 cm³/mol. The molecule has 0 aliphatic heterocycles. The second-order valence-electron chi connectivity index (χ2n) is 8.57. The van der Waals surface area contributed by atoms with Crippen LogP contribution in [0.2, 0.25) is 0 Å². The Kier molecular flexibility index (Phi) is 25.5. The zero-order valence-electron chi connectivity index (χ0n) is 21.7. The van der Waals surface area contributed by atoms with E-state index in [9.17, 15) is 22.6 Å². The van der Waals surface area contributed by atoms with Gasteiger partial charge in [0, 0.05) is 0 Å². The van der Waals surface area contributed by atoms with Gasteiger partial charge < -0.3 is 14.0 Å². The summed E-state index contributed by atoms with van der Waals surface area (Å²) in [4.78, 5) is 23.6. The molecule has 0 saturated heterocycles. The molecule has 9 heteroatoms. The monoisotopic (exact) mass is 512 g/mol. The van der Waals surface area contributed by atoms with Gasteiger partial charge >= 0.3 is 41.5 Å². The smallest absolute Gasteiger partial charge is 0.747 e. The van der Waals surface area contributed by atoms with Crippen LogP contribution in [-0.4, -0.2) is 36.8 Å². The van der Waals surface area contributed by atoms with Crippen molar-refractivity contribution in [3.8, 4) is 0 Å². The number of carbonyl (C=O) groups excluding carboxylic acids is 2. The summed E-state index contributed by atoms with van der Waals surface area (Å²) in [7, 11) is -5.02. The van der Waals surface area contributed by atoms with E-state index in [1.165, 1.54) is 76.7 Å². The summed E-state index contributed by atoms with van der Waals surface area (Å²) in [5.41, 5.74) is 0. The summed E-state index contributed by atoms with van der Waals surface area (Å²) in [5.74, 6) is -2.15. The van der Waals surface area contributed by atoms with Crippen LogP contribution >= 0.6 is 0 Å². The van der Waals surface area contributed by atoms with Crippen molar-refractivity contribution in [2.45, 2.75) is 128 Å². The molecular formula is C25H45NaO7S. The largest absolute Gasteiger partial charge is 1.00 e. The maximum atomic E-state index is 11.8. The van der Waals surface area contributed by atoms with Crippen molar-refractivity contribution in [2.75, 3.05) is 6.61 Å². The summed E-state index contributed by atoms with van der Waals surface area (Å²) < 4.78 is 43.4. The van der Waals surface area contributed by atoms with Gasteiger partial charge in [-0.05, 0) is 18.9 Å². The van der Waals surface area contributed by atoms with Gasteiger partial charge in [-0.3, -0.25) is 9.59 Å². The first-order valence-electron chi connectivity index (χ1n) is 12.8. The molecule has 0 aliphatic rings. The van der Waals surface area contributed by atoms with Gasteiger partial charge in [0.15, 0.2) is 5.25 Å². The van der Waals surface area contributed by atoms with Gasteiger partial charge in [-0.15, -0.1) is 0 Å². The fourth-order valence-corrected chi connectivity index (χ4v) is 4.09. The van der Waals surface area contributed by atoms with Crippen LogP contribution in [-0.2, 0) is 29.2 Å². The Bertz CT molecular complexity index is 635. The molecule has 0 fully saturated rings. The van der Waals surface area contributed by atoms with Gasteiger partial charge in [0.1, 0.15) is 10.1 Å². The topological polar surface area (TPSA) is 110 Å². The molecule has 0 heterocycles. The van der Waals surface area contributed by atoms with Gasteiger partial charge in [-0.1, -0.05) is 104 Å². The Morgan fingerprint density at radius 1 is 0.794 bits per heavy atom. The molecule has 0 bridgehead atoms. The van der Waals surface area contributed by atoms with Gasteiger partial charge in [0.25, 0.3) is 0 Å². The fraction of sp³-hybridized carbons (Fsp3) is 0.840. The zero-order valence-corrected chi connectivity index (χ0v) is 24.5. The third-order valence-corrected chi connectivity index (χ3v) is 6.55. The first-order valence-corrected chi connectivity index (χ1v) is 14.3. The van der Waals surface area contributed by atoms with Crippen molar-refractivity contribution < 1.29 is 61.6 Å². The average molecular weight is 513 g/mol. The second-order valence-corrected chi connectivity index (χ2v) is 10.1. The Morgan fingerprint density at radius 2 is 1.24 bits per heavy atom. The standard InChI is InChI=1S/C25H46O7S.Na/c1-3-5-7-8-9-10-11-12-13-14-15-16-17-18-19-21-31-24(26)22-23(33(28,29)30)25(27)32-20-6-4-2;/h6,20,23H,3-5,7-19,21-22H2,1-2H3,(H,28,29,30);/q;+1/p-1/b20-6+;. The van der Waals surface area contributed by atoms with E-state index in [0.29, 0.717) is 12.8 Å². The third kappa shape index (κ3) is 22.1. The predicted octanol–water partition coefficient (Wildman–Crippen LogP) is 3.18. The Hall–Kier alpha value is -0.410. The van der Waals surface area contributed by atoms with Gasteiger partial charge in [-0.25, -0.2) is 8.42 Å². The minimum atomic E-state index is -5.02. The molecule has 0 radical (unpaired) electrons. The van der Waals surface area contributed by atoms with E-state index in [1.807, 2.05) is 0 Å². The van der Waals surface area contributed by atoms with Crippen LogP contribution in [0.3, 0.4) is 0 Å². The van der Waals surface area contributed by atoms with Crippen molar-refractivity contribution in [3.05, 3.63) is 12.3 Å². The number of hydrogen-bond acceptors (Lipinski definition) is 7. The summed E-state index contributed by atoms with van der Waals surface area (Å²) >= 11 is 0. The number of esters is 2. The van der Waals surface area contributed by atoms with E-state index in [-0.39, 0.29) is 36.2 Å². The summed E-state index contributed by atoms with van der Waals surface area (Å²) in [6.45, 7) is 4.18. The molecule has 194 valence electrons. The maximum absolute atomic E-state index is 11.8. The summed E-state index contributed by atoms with van der Waals surface area (Å²) in [5, 5.41) is -2.09. The van der Waals surface area contributed by atoms with Crippen LogP contribution in [0.4, 0.5) is 0 Å². The minimum Gasteiger partial charge on any atom is -0.747 e. The third-order valence-electron chi connectivity index (χ3n) is 5.49. The van der Waals surface area contributed by atoms with Crippen molar-refractivity contribution in [3.63, 3.8) is 0 Å². The SMILES string of the molecule is CC/C=C/OC(=O)C(CC(=O)OCCCCCCCCCCCCCCCCC)S(=O)(=O)[O-].[Na+]. The molecule has 1 atom stereocenters. The molecule has 0 rings (SSSR count). The molecule has 0 amide bonds. The van der Waals surface area contributed by atoms with E-state index < -0.39 is 33.7 Å². The van der Waals surface area contributed by atoms with E-state index in [1.54, 1.807) is 6.92 Å². The number of allylic oxidation sites excluding steroid dienone is 1. The van der Waals surface area contributed by atoms with Crippen LogP contribution in [0.15, 0.2) is 12.3 Å². The Labute approximate surface area is 229 Å². The molecule has 1 unspecified atom stereocenters. The molecule has 0 aromatic carbocycles. The molecule has 0 aromatic heterocycles. The number of carbonyl (C=O) groups is 2. The van der Waals surface area contributed by atoms with Crippen molar-refractivity contribution in [2.24, 2.45) is 0 Å². The van der Waals surface area contributed by atoms with Crippen LogP contribution in [0.5, 0.6) is 0 Å². The molecule has 0 spiro atoms. The fourth-order valence-electron chi connectivity index (χ4n) is 3.46. The van der Waals surface area contributed by atoms with E-state index in [4.69, 9.17) is 4.74 Å². The average Bonchev–Trinajstić information content (AvgIpc) is 2.76. The summed E-state index contributed by atoms with van der Waals surface area (Å²) in [6, 6.07) is 0. The molecule has 0 N–H and O–H groups in total. The number of hydrogen-bond donors (Lipinski definition) is 0. The number of ether oxygens (including phenoxy) is 2.